The monoisotopic (exact) mass is 222 g/mol. The van der Waals surface area contributed by atoms with Gasteiger partial charge in [0.05, 0.1) is 12.0 Å². The first-order valence-electron chi connectivity index (χ1n) is 6.10. The summed E-state index contributed by atoms with van der Waals surface area (Å²) in [5, 5.41) is 0. The van der Waals surface area contributed by atoms with Gasteiger partial charge < -0.3 is 10.3 Å². The van der Waals surface area contributed by atoms with Crippen molar-refractivity contribution in [2.24, 2.45) is 18.7 Å². The number of rotatable bonds is 3. The first-order valence-corrected chi connectivity index (χ1v) is 6.10. The molecule has 0 spiro atoms. The van der Waals surface area contributed by atoms with E-state index in [-0.39, 0.29) is 0 Å². The van der Waals surface area contributed by atoms with Crippen LogP contribution < -0.4 is 5.73 Å². The third kappa shape index (κ3) is 2.62. The second kappa shape index (κ2) is 4.97. The summed E-state index contributed by atoms with van der Waals surface area (Å²) in [5.74, 6) is 0.655. The van der Waals surface area contributed by atoms with Crippen LogP contribution in [0.25, 0.3) is 0 Å². The lowest BCUT2D eigenvalue weighted by Gasteiger charge is -2.34. The van der Waals surface area contributed by atoms with Crippen LogP contribution in [0.1, 0.15) is 25.5 Å². The molecule has 0 aliphatic carbocycles. The summed E-state index contributed by atoms with van der Waals surface area (Å²) in [7, 11) is 2.05. The number of nitrogens with two attached hydrogens (primary N) is 1. The molecule has 2 N–H and O–H groups in total. The molecule has 1 aromatic rings. The van der Waals surface area contributed by atoms with Gasteiger partial charge in [-0.3, -0.25) is 4.90 Å². The van der Waals surface area contributed by atoms with Crippen LogP contribution >= 0.6 is 0 Å². The lowest BCUT2D eigenvalue weighted by molar-refractivity contribution is 0.152. The van der Waals surface area contributed by atoms with Gasteiger partial charge in [0.15, 0.2) is 0 Å². The van der Waals surface area contributed by atoms with Gasteiger partial charge in [-0.15, -0.1) is 0 Å². The Morgan fingerprint density at radius 2 is 2.44 bits per heavy atom. The average Bonchev–Trinajstić information content (AvgIpc) is 2.65. The van der Waals surface area contributed by atoms with E-state index in [0.29, 0.717) is 12.0 Å². The van der Waals surface area contributed by atoms with Crippen molar-refractivity contribution in [1.29, 1.82) is 0 Å². The van der Waals surface area contributed by atoms with E-state index >= 15 is 0 Å². The van der Waals surface area contributed by atoms with Crippen molar-refractivity contribution in [3.8, 4) is 0 Å². The highest BCUT2D eigenvalue weighted by atomic mass is 15.2. The van der Waals surface area contributed by atoms with Crippen LogP contribution in [0.2, 0.25) is 0 Å². The second-order valence-corrected chi connectivity index (χ2v) is 4.99. The highest BCUT2D eigenvalue weighted by Crippen LogP contribution is 2.20. The van der Waals surface area contributed by atoms with E-state index in [9.17, 15) is 0 Å². The molecule has 1 saturated heterocycles. The maximum Gasteiger partial charge on any atom is 0.0945 e. The Morgan fingerprint density at radius 3 is 3.06 bits per heavy atom. The van der Waals surface area contributed by atoms with Crippen molar-refractivity contribution in [2.45, 2.75) is 32.4 Å². The fraction of sp³-hybridized carbons (Fsp3) is 0.750. The molecular formula is C12H22N4. The van der Waals surface area contributed by atoms with Crippen LogP contribution in [0, 0.1) is 5.92 Å². The molecule has 2 unspecified atom stereocenters. The van der Waals surface area contributed by atoms with Crippen LogP contribution in [0.3, 0.4) is 0 Å². The zero-order valence-corrected chi connectivity index (χ0v) is 10.3. The van der Waals surface area contributed by atoms with E-state index in [4.69, 9.17) is 5.73 Å². The number of hydrogen-bond donors (Lipinski definition) is 1. The minimum atomic E-state index is 0.314. The third-order valence-electron chi connectivity index (χ3n) is 3.59. The molecule has 1 fully saturated rings. The third-order valence-corrected chi connectivity index (χ3v) is 3.59. The molecule has 4 heteroatoms. The molecule has 2 rings (SSSR count). The molecule has 0 saturated carbocycles. The Labute approximate surface area is 97.4 Å². The molecule has 90 valence electrons. The fourth-order valence-corrected chi connectivity index (χ4v) is 2.43. The lowest BCUT2D eigenvalue weighted by Crippen LogP contribution is -2.42. The van der Waals surface area contributed by atoms with Crippen molar-refractivity contribution < 1.29 is 0 Å². The molecule has 1 aliphatic rings. The van der Waals surface area contributed by atoms with E-state index in [1.807, 2.05) is 12.5 Å². The summed E-state index contributed by atoms with van der Waals surface area (Å²) in [6.07, 6.45) is 6.36. The number of hydrogen-bond acceptors (Lipinski definition) is 3. The van der Waals surface area contributed by atoms with Crippen LogP contribution in [-0.4, -0.2) is 33.6 Å². The van der Waals surface area contributed by atoms with Gasteiger partial charge in [0, 0.05) is 32.4 Å². The van der Waals surface area contributed by atoms with Gasteiger partial charge in [-0.1, -0.05) is 0 Å². The minimum absolute atomic E-state index is 0.314. The summed E-state index contributed by atoms with van der Waals surface area (Å²) in [6, 6.07) is 0.314. The first-order chi connectivity index (χ1) is 7.66. The SMILES string of the molecule is CC(N)C1CCCN(Cc2cncn2C)C1. The summed E-state index contributed by atoms with van der Waals surface area (Å²) in [6.45, 7) is 5.44. The van der Waals surface area contributed by atoms with Gasteiger partial charge in [-0.25, -0.2) is 4.98 Å². The molecule has 0 bridgehead atoms. The predicted octanol–water partition coefficient (Wildman–Crippen LogP) is 0.979. The number of aryl methyl sites for hydroxylation is 1. The van der Waals surface area contributed by atoms with Crippen molar-refractivity contribution in [3.63, 3.8) is 0 Å². The highest BCUT2D eigenvalue weighted by molar-refractivity contribution is 4.98. The van der Waals surface area contributed by atoms with E-state index in [1.54, 1.807) is 0 Å². The molecule has 0 amide bonds. The topological polar surface area (TPSA) is 47.1 Å². The maximum atomic E-state index is 5.99. The fourth-order valence-electron chi connectivity index (χ4n) is 2.43. The standard InChI is InChI=1S/C12H22N4/c1-10(13)11-4-3-5-16(7-11)8-12-6-14-9-15(12)2/h6,9-11H,3-5,7-8,13H2,1-2H3. The number of imidazole rings is 1. The molecule has 2 heterocycles. The Balaban J connectivity index is 1.93. The molecular weight excluding hydrogens is 200 g/mol. The molecule has 1 aromatic heterocycles. The van der Waals surface area contributed by atoms with Gasteiger partial charge in [0.25, 0.3) is 0 Å². The van der Waals surface area contributed by atoms with Crippen LogP contribution in [0.5, 0.6) is 0 Å². The van der Waals surface area contributed by atoms with E-state index < -0.39 is 0 Å². The Hall–Kier alpha value is -0.870. The van der Waals surface area contributed by atoms with Crippen LogP contribution in [0.4, 0.5) is 0 Å². The maximum absolute atomic E-state index is 5.99. The van der Waals surface area contributed by atoms with Gasteiger partial charge in [-0.2, -0.15) is 0 Å². The van der Waals surface area contributed by atoms with E-state index in [1.165, 1.54) is 25.1 Å². The van der Waals surface area contributed by atoms with Gasteiger partial charge in [0.2, 0.25) is 0 Å². The molecule has 4 nitrogen and oxygen atoms in total. The van der Waals surface area contributed by atoms with E-state index in [2.05, 4.69) is 28.4 Å². The zero-order chi connectivity index (χ0) is 11.5. The number of nitrogens with zero attached hydrogens (tertiary/aromatic N) is 3. The van der Waals surface area contributed by atoms with Crippen molar-refractivity contribution in [3.05, 3.63) is 18.2 Å². The Bertz CT molecular complexity index is 332. The Morgan fingerprint density at radius 1 is 1.62 bits per heavy atom. The van der Waals surface area contributed by atoms with Gasteiger partial charge in [-0.05, 0) is 32.2 Å². The highest BCUT2D eigenvalue weighted by Gasteiger charge is 2.22. The predicted molar refractivity (Wildman–Crippen MR) is 64.9 cm³/mol. The number of aromatic nitrogens is 2. The number of likely N-dealkylation sites (tertiary alicyclic amines) is 1. The van der Waals surface area contributed by atoms with Crippen molar-refractivity contribution >= 4 is 0 Å². The van der Waals surface area contributed by atoms with Gasteiger partial charge in [0.1, 0.15) is 0 Å². The summed E-state index contributed by atoms with van der Waals surface area (Å²) in [5.41, 5.74) is 7.27. The quantitative estimate of drug-likeness (QED) is 0.829. The first kappa shape index (κ1) is 11.6. The summed E-state index contributed by atoms with van der Waals surface area (Å²) < 4.78 is 2.09. The summed E-state index contributed by atoms with van der Waals surface area (Å²) in [4.78, 5) is 6.65. The minimum Gasteiger partial charge on any atom is -0.337 e. The molecule has 1 aliphatic heterocycles. The lowest BCUT2D eigenvalue weighted by atomic mass is 9.92. The Kier molecular flexibility index (Phi) is 3.61. The van der Waals surface area contributed by atoms with E-state index in [0.717, 1.165) is 13.1 Å². The molecule has 16 heavy (non-hydrogen) atoms. The molecule has 0 aromatic carbocycles. The van der Waals surface area contributed by atoms with Crippen LogP contribution in [0.15, 0.2) is 12.5 Å². The number of piperidine rings is 1. The normalized spacial score (nSPS) is 24.6. The van der Waals surface area contributed by atoms with Crippen LogP contribution in [-0.2, 0) is 13.6 Å². The molecule has 2 atom stereocenters. The van der Waals surface area contributed by atoms with Crippen molar-refractivity contribution in [2.75, 3.05) is 13.1 Å². The smallest absolute Gasteiger partial charge is 0.0945 e. The average molecular weight is 222 g/mol. The molecule has 0 radical (unpaired) electrons. The largest absolute Gasteiger partial charge is 0.337 e. The summed E-state index contributed by atoms with van der Waals surface area (Å²) >= 11 is 0. The van der Waals surface area contributed by atoms with Gasteiger partial charge >= 0.3 is 0 Å². The zero-order valence-electron chi connectivity index (χ0n) is 10.3. The van der Waals surface area contributed by atoms with Crippen molar-refractivity contribution in [1.82, 2.24) is 14.5 Å². The second-order valence-electron chi connectivity index (χ2n) is 4.99.